The first-order chi connectivity index (χ1) is 11.5. The van der Waals surface area contributed by atoms with Gasteiger partial charge in [0.25, 0.3) is 0 Å². The van der Waals surface area contributed by atoms with Gasteiger partial charge in [-0.25, -0.2) is 4.39 Å². The summed E-state index contributed by atoms with van der Waals surface area (Å²) in [6, 6.07) is 6.04. The molecular formula is C17H23FN4O2. The van der Waals surface area contributed by atoms with Gasteiger partial charge in [-0.2, -0.15) is 0 Å². The van der Waals surface area contributed by atoms with Crippen LogP contribution < -0.4 is 10.2 Å². The Morgan fingerprint density at radius 2 is 1.83 bits per heavy atom. The second-order valence-electron chi connectivity index (χ2n) is 6.34. The Labute approximate surface area is 141 Å². The van der Waals surface area contributed by atoms with Gasteiger partial charge in [-0.05, 0) is 31.3 Å². The third-order valence-corrected chi connectivity index (χ3v) is 4.79. The van der Waals surface area contributed by atoms with Crippen molar-refractivity contribution < 1.29 is 14.0 Å². The lowest BCUT2D eigenvalue weighted by atomic mass is 10.1. The first-order valence-electron chi connectivity index (χ1n) is 8.31. The van der Waals surface area contributed by atoms with Gasteiger partial charge in [0.05, 0.1) is 12.5 Å². The van der Waals surface area contributed by atoms with Crippen LogP contribution in [-0.4, -0.2) is 74.0 Å². The van der Waals surface area contributed by atoms with E-state index in [0.29, 0.717) is 32.7 Å². The molecule has 2 saturated heterocycles. The van der Waals surface area contributed by atoms with Gasteiger partial charge in [-0.1, -0.05) is 0 Å². The molecular weight excluding hydrogens is 311 g/mol. The zero-order valence-corrected chi connectivity index (χ0v) is 13.9. The van der Waals surface area contributed by atoms with Crippen molar-refractivity contribution in [1.82, 2.24) is 15.1 Å². The van der Waals surface area contributed by atoms with Gasteiger partial charge in [0.2, 0.25) is 11.8 Å². The van der Waals surface area contributed by atoms with Crippen LogP contribution in [-0.2, 0) is 9.59 Å². The Hall–Kier alpha value is -2.15. The Balaban J connectivity index is 1.53. The van der Waals surface area contributed by atoms with E-state index in [0.717, 1.165) is 12.2 Å². The van der Waals surface area contributed by atoms with Crippen molar-refractivity contribution >= 4 is 17.5 Å². The minimum atomic E-state index is -0.374. The molecule has 1 unspecified atom stereocenters. The van der Waals surface area contributed by atoms with Crippen molar-refractivity contribution in [3.63, 3.8) is 0 Å². The molecule has 1 aromatic rings. The highest BCUT2D eigenvalue weighted by Gasteiger charge is 2.31. The predicted molar refractivity (Wildman–Crippen MR) is 89.2 cm³/mol. The van der Waals surface area contributed by atoms with Gasteiger partial charge in [-0.15, -0.1) is 0 Å². The van der Waals surface area contributed by atoms with Crippen LogP contribution in [0.4, 0.5) is 10.1 Å². The molecule has 130 valence electrons. The average molecular weight is 334 g/mol. The number of piperazine rings is 2. The molecule has 2 fully saturated rings. The van der Waals surface area contributed by atoms with Crippen LogP contribution in [0.2, 0.25) is 0 Å². The molecule has 0 aromatic heterocycles. The average Bonchev–Trinajstić information content (AvgIpc) is 2.59. The summed E-state index contributed by atoms with van der Waals surface area (Å²) in [7, 11) is 1.88. The van der Waals surface area contributed by atoms with Gasteiger partial charge in [-0.3, -0.25) is 14.5 Å². The smallest absolute Gasteiger partial charge is 0.237 e. The van der Waals surface area contributed by atoms with E-state index in [1.807, 2.05) is 16.8 Å². The molecule has 0 aliphatic carbocycles. The van der Waals surface area contributed by atoms with Crippen molar-refractivity contribution in [2.24, 2.45) is 0 Å². The third kappa shape index (κ3) is 3.67. The summed E-state index contributed by atoms with van der Waals surface area (Å²) >= 11 is 0. The van der Waals surface area contributed by atoms with Crippen molar-refractivity contribution in [2.75, 3.05) is 51.2 Å². The quantitative estimate of drug-likeness (QED) is 0.864. The standard InChI is InChI=1S/C17H23FN4O2/c1-20-7-6-19-17(24)15(20)12-16(23)22-10-8-21(9-11-22)14-4-2-13(18)3-5-14/h2-5,15H,6-12H2,1H3,(H,19,24). The zero-order chi connectivity index (χ0) is 17.1. The summed E-state index contributed by atoms with van der Waals surface area (Å²) in [6.07, 6.45) is 0.221. The van der Waals surface area contributed by atoms with Crippen LogP contribution >= 0.6 is 0 Å². The summed E-state index contributed by atoms with van der Waals surface area (Å²) in [4.78, 5) is 30.3. The lowest BCUT2D eigenvalue weighted by molar-refractivity contribution is -0.138. The van der Waals surface area contributed by atoms with E-state index >= 15 is 0 Å². The number of anilines is 1. The maximum atomic E-state index is 13.0. The molecule has 2 amide bonds. The van der Waals surface area contributed by atoms with Gasteiger partial charge in [0, 0.05) is 45.0 Å². The highest BCUT2D eigenvalue weighted by Crippen LogP contribution is 2.18. The monoisotopic (exact) mass is 334 g/mol. The van der Waals surface area contributed by atoms with Gasteiger partial charge in [0.1, 0.15) is 5.82 Å². The second kappa shape index (κ2) is 7.17. The minimum absolute atomic E-state index is 0.0163. The van der Waals surface area contributed by atoms with Crippen LogP contribution in [0.15, 0.2) is 24.3 Å². The van der Waals surface area contributed by atoms with Gasteiger partial charge < -0.3 is 15.1 Å². The Kier molecular flexibility index (Phi) is 4.99. The molecule has 2 heterocycles. The Morgan fingerprint density at radius 3 is 2.46 bits per heavy atom. The number of carbonyl (C=O) groups excluding carboxylic acids is 2. The molecule has 6 nitrogen and oxygen atoms in total. The lowest BCUT2D eigenvalue weighted by Crippen LogP contribution is -2.56. The van der Waals surface area contributed by atoms with E-state index in [1.165, 1.54) is 12.1 Å². The first-order valence-corrected chi connectivity index (χ1v) is 8.31. The molecule has 0 bridgehead atoms. The summed E-state index contributed by atoms with van der Waals surface area (Å²) < 4.78 is 13.0. The van der Waals surface area contributed by atoms with Crippen LogP contribution in [0.3, 0.4) is 0 Å². The largest absolute Gasteiger partial charge is 0.368 e. The topological polar surface area (TPSA) is 55.9 Å². The number of nitrogens with zero attached hydrogens (tertiary/aromatic N) is 3. The van der Waals surface area contributed by atoms with Gasteiger partial charge >= 0.3 is 0 Å². The molecule has 3 rings (SSSR count). The molecule has 7 heteroatoms. The first kappa shape index (κ1) is 16.7. The normalized spacial score (nSPS) is 22.4. The molecule has 0 saturated carbocycles. The van der Waals surface area contributed by atoms with Crippen LogP contribution in [0.5, 0.6) is 0 Å². The maximum Gasteiger partial charge on any atom is 0.237 e. The molecule has 1 atom stereocenters. The fourth-order valence-corrected chi connectivity index (χ4v) is 3.24. The molecule has 1 N–H and O–H groups in total. The zero-order valence-electron chi connectivity index (χ0n) is 13.9. The van der Waals surface area contributed by atoms with Crippen LogP contribution in [0.1, 0.15) is 6.42 Å². The number of halogens is 1. The Morgan fingerprint density at radius 1 is 1.17 bits per heavy atom. The van der Waals surface area contributed by atoms with E-state index in [2.05, 4.69) is 10.2 Å². The molecule has 24 heavy (non-hydrogen) atoms. The number of hydrogen-bond acceptors (Lipinski definition) is 4. The number of rotatable bonds is 3. The summed E-state index contributed by atoms with van der Waals surface area (Å²) in [5.74, 6) is -0.299. The SMILES string of the molecule is CN1CCNC(=O)C1CC(=O)N1CCN(c2ccc(F)cc2)CC1. The van der Waals surface area contributed by atoms with E-state index < -0.39 is 0 Å². The van der Waals surface area contributed by atoms with E-state index in [4.69, 9.17) is 0 Å². The van der Waals surface area contributed by atoms with Crippen LogP contribution in [0.25, 0.3) is 0 Å². The molecule has 1 aromatic carbocycles. The summed E-state index contributed by atoms with van der Waals surface area (Å²) in [5.41, 5.74) is 0.967. The van der Waals surface area contributed by atoms with Crippen molar-refractivity contribution in [3.05, 3.63) is 30.1 Å². The molecule has 2 aliphatic rings. The highest BCUT2D eigenvalue weighted by molar-refractivity contribution is 5.88. The van der Waals surface area contributed by atoms with E-state index in [-0.39, 0.29) is 30.1 Å². The highest BCUT2D eigenvalue weighted by atomic mass is 19.1. The molecule has 2 aliphatic heterocycles. The maximum absolute atomic E-state index is 13.0. The second-order valence-corrected chi connectivity index (χ2v) is 6.34. The van der Waals surface area contributed by atoms with Crippen molar-refractivity contribution in [1.29, 1.82) is 0 Å². The summed E-state index contributed by atoms with van der Waals surface area (Å²) in [6.45, 7) is 4.06. The fraction of sp³-hybridized carbons (Fsp3) is 0.529. The predicted octanol–water partition coefficient (Wildman–Crippen LogP) is 0.295. The molecule has 0 radical (unpaired) electrons. The molecule has 0 spiro atoms. The number of amides is 2. The number of likely N-dealkylation sites (N-methyl/N-ethyl adjacent to an activating group) is 1. The summed E-state index contributed by atoms with van der Waals surface area (Å²) in [5, 5.41) is 2.81. The number of hydrogen-bond donors (Lipinski definition) is 1. The fourth-order valence-electron chi connectivity index (χ4n) is 3.24. The van der Waals surface area contributed by atoms with E-state index in [9.17, 15) is 14.0 Å². The lowest BCUT2D eigenvalue weighted by Gasteiger charge is -2.38. The van der Waals surface area contributed by atoms with Gasteiger partial charge in [0.15, 0.2) is 0 Å². The number of carbonyl (C=O) groups is 2. The Bertz CT molecular complexity index is 599. The van der Waals surface area contributed by atoms with Crippen LogP contribution in [0, 0.1) is 5.82 Å². The van der Waals surface area contributed by atoms with Crippen molar-refractivity contribution in [2.45, 2.75) is 12.5 Å². The number of benzene rings is 1. The number of nitrogens with one attached hydrogen (secondary N) is 1. The van der Waals surface area contributed by atoms with Crippen molar-refractivity contribution in [3.8, 4) is 0 Å². The minimum Gasteiger partial charge on any atom is -0.368 e. The van der Waals surface area contributed by atoms with E-state index in [1.54, 1.807) is 12.1 Å². The third-order valence-electron chi connectivity index (χ3n) is 4.79.